The van der Waals surface area contributed by atoms with Gasteiger partial charge in [0, 0.05) is 0 Å². The highest BCUT2D eigenvalue weighted by molar-refractivity contribution is 5.87. The molecule has 0 atom stereocenters. The van der Waals surface area contributed by atoms with Crippen LogP contribution in [0.3, 0.4) is 0 Å². The van der Waals surface area contributed by atoms with E-state index in [9.17, 15) is 4.79 Å². The number of hydrogen-bond donors (Lipinski definition) is 0. The van der Waals surface area contributed by atoms with Crippen LogP contribution in [-0.2, 0) is 0 Å². The highest BCUT2D eigenvalue weighted by Gasteiger charge is 2.14. The lowest BCUT2D eigenvalue weighted by molar-refractivity contribution is 0.415. The number of benzene rings is 3. The molecule has 0 saturated carbocycles. The molecule has 4 aromatic rings. The Morgan fingerprint density at radius 2 is 1.64 bits per heavy atom. The van der Waals surface area contributed by atoms with Gasteiger partial charge in [-0.3, -0.25) is 4.79 Å². The van der Waals surface area contributed by atoms with Gasteiger partial charge in [0.05, 0.1) is 18.1 Å². The lowest BCUT2D eigenvalue weighted by Gasteiger charge is -2.08. The van der Waals surface area contributed by atoms with Crippen LogP contribution in [-0.4, -0.2) is 7.11 Å². The molecule has 0 bridgehead atoms. The van der Waals surface area contributed by atoms with E-state index >= 15 is 0 Å². The van der Waals surface area contributed by atoms with Gasteiger partial charge >= 0.3 is 0 Å². The molecule has 1 heterocycles. The van der Waals surface area contributed by atoms with Crippen molar-refractivity contribution in [3.8, 4) is 16.9 Å². The Balaban J connectivity index is 1.89. The van der Waals surface area contributed by atoms with Crippen LogP contribution >= 0.6 is 0 Å². The molecule has 3 nitrogen and oxygen atoms in total. The van der Waals surface area contributed by atoms with Crippen LogP contribution in [0.5, 0.6) is 5.75 Å². The van der Waals surface area contributed by atoms with E-state index in [0.29, 0.717) is 22.3 Å². The van der Waals surface area contributed by atoms with E-state index < -0.39 is 0 Å². The van der Waals surface area contributed by atoms with Gasteiger partial charge in [-0.05, 0) is 48.4 Å². The SMILES string of the molecule is COc1ccc(C=Cc2oc3ccc(C)cc3c(=O)c2-c2ccccc2)cc1. The second kappa shape index (κ2) is 7.57. The highest BCUT2D eigenvalue weighted by Crippen LogP contribution is 2.27. The van der Waals surface area contributed by atoms with Crippen LogP contribution in [0.15, 0.2) is 82.0 Å². The smallest absolute Gasteiger partial charge is 0.201 e. The molecule has 3 aromatic carbocycles. The molecule has 1 aromatic heterocycles. The minimum atomic E-state index is -0.0227. The van der Waals surface area contributed by atoms with Gasteiger partial charge < -0.3 is 9.15 Å². The summed E-state index contributed by atoms with van der Waals surface area (Å²) in [7, 11) is 1.64. The second-order valence-electron chi connectivity index (χ2n) is 6.64. The molecule has 0 amide bonds. The maximum Gasteiger partial charge on any atom is 0.201 e. The lowest BCUT2D eigenvalue weighted by atomic mass is 10.0. The molecular weight excluding hydrogens is 348 g/mol. The van der Waals surface area contributed by atoms with Crippen molar-refractivity contribution in [1.82, 2.24) is 0 Å². The molecule has 0 aliphatic rings. The minimum Gasteiger partial charge on any atom is -0.497 e. The fourth-order valence-corrected chi connectivity index (χ4v) is 3.21. The fraction of sp³-hybridized carbons (Fsp3) is 0.0800. The van der Waals surface area contributed by atoms with Gasteiger partial charge in [0.2, 0.25) is 5.43 Å². The average molecular weight is 368 g/mol. The van der Waals surface area contributed by atoms with E-state index in [1.165, 1.54) is 0 Å². The molecular formula is C25H20O3. The first-order valence-electron chi connectivity index (χ1n) is 9.11. The normalized spacial score (nSPS) is 11.2. The molecule has 0 unspecified atom stereocenters. The molecule has 0 aliphatic heterocycles. The van der Waals surface area contributed by atoms with Crippen LogP contribution in [0.4, 0.5) is 0 Å². The maximum atomic E-state index is 13.3. The molecule has 3 heteroatoms. The third kappa shape index (κ3) is 3.47. The summed E-state index contributed by atoms with van der Waals surface area (Å²) in [4.78, 5) is 13.3. The first-order chi connectivity index (χ1) is 13.7. The Kier molecular flexibility index (Phi) is 4.81. The summed E-state index contributed by atoms with van der Waals surface area (Å²) < 4.78 is 11.3. The van der Waals surface area contributed by atoms with E-state index in [4.69, 9.17) is 9.15 Å². The Morgan fingerprint density at radius 3 is 2.36 bits per heavy atom. The Hall–Kier alpha value is -3.59. The number of fused-ring (bicyclic) bond motifs is 1. The molecule has 4 rings (SSSR count). The zero-order valence-electron chi connectivity index (χ0n) is 15.8. The second-order valence-corrected chi connectivity index (χ2v) is 6.64. The first-order valence-corrected chi connectivity index (χ1v) is 9.11. The van der Waals surface area contributed by atoms with E-state index in [-0.39, 0.29) is 5.43 Å². The Bertz CT molecular complexity index is 1200. The van der Waals surface area contributed by atoms with E-state index in [1.54, 1.807) is 7.11 Å². The van der Waals surface area contributed by atoms with Crippen LogP contribution < -0.4 is 10.2 Å². The zero-order chi connectivity index (χ0) is 19.5. The summed E-state index contributed by atoms with van der Waals surface area (Å²) in [6.07, 6.45) is 3.79. The van der Waals surface area contributed by atoms with Gasteiger partial charge in [0.25, 0.3) is 0 Å². The molecule has 0 fully saturated rings. The average Bonchev–Trinajstić information content (AvgIpc) is 2.74. The van der Waals surface area contributed by atoms with Gasteiger partial charge in [0.15, 0.2) is 0 Å². The molecule has 0 saturated heterocycles. The van der Waals surface area contributed by atoms with E-state index in [1.807, 2.05) is 91.9 Å². The van der Waals surface area contributed by atoms with Gasteiger partial charge in [-0.15, -0.1) is 0 Å². The summed E-state index contributed by atoms with van der Waals surface area (Å²) >= 11 is 0. The third-order valence-electron chi connectivity index (χ3n) is 4.68. The van der Waals surface area contributed by atoms with Crippen LogP contribution in [0.25, 0.3) is 34.2 Å². The standard InChI is InChI=1S/C25H20O3/c1-17-8-14-22-21(16-17)25(26)24(19-6-4-3-5-7-19)23(28-22)15-11-18-9-12-20(27-2)13-10-18/h3-16H,1-2H3. The van der Waals surface area contributed by atoms with Crippen molar-refractivity contribution in [3.63, 3.8) is 0 Å². The van der Waals surface area contributed by atoms with Crippen molar-refractivity contribution in [3.05, 3.63) is 99.9 Å². The molecule has 0 radical (unpaired) electrons. The van der Waals surface area contributed by atoms with Gasteiger partial charge in [-0.25, -0.2) is 0 Å². The largest absolute Gasteiger partial charge is 0.497 e. The van der Waals surface area contributed by atoms with Crippen molar-refractivity contribution in [2.75, 3.05) is 7.11 Å². The summed E-state index contributed by atoms with van der Waals surface area (Å²) in [5, 5.41) is 0.598. The van der Waals surface area contributed by atoms with Crippen molar-refractivity contribution < 1.29 is 9.15 Å². The number of ether oxygens (including phenoxy) is 1. The van der Waals surface area contributed by atoms with Gasteiger partial charge in [0.1, 0.15) is 17.1 Å². The zero-order valence-corrected chi connectivity index (χ0v) is 15.8. The first kappa shape index (κ1) is 17.8. The Labute approximate surface area is 163 Å². The maximum absolute atomic E-state index is 13.3. The molecule has 28 heavy (non-hydrogen) atoms. The quantitative estimate of drug-likeness (QED) is 0.447. The number of aryl methyl sites for hydroxylation is 1. The monoisotopic (exact) mass is 368 g/mol. The van der Waals surface area contributed by atoms with Gasteiger partial charge in [-0.2, -0.15) is 0 Å². The Morgan fingerprint density at radius 1 is 0.893 bits per heavy atom. The molecule has 138 valence electrons. The van der Waals surface area contributed by atoms with Crippen molar-refractivity contribution >= 4 is 23.1 Å². The number of rotatable bonds is 4. The van der Waals surface area contributed by atoms with E-state index in [0.717, 1.165) is 22.4 Å². The van der Waals surface area contributed by atoms with Crippen LogP contribution in [0, 0.1) is 6.92 Å². The molecule has 0 spiro atoms. The van der Waals surface area contributed by atoms with Crippen molar-refractivity contribution in [1.29, 1.82) is 0 Å². The minimum absolute atomic E-state index is 0.0227. The van der Waals surface area contributed by atoms with E-state index in [2.05, 4.69) is 0 Å². The summed E-state index contributed by atoms with van der Waals surface area (Å²) in [5.41, 5.74) is 4.00. The predicted molar refractivity (Wildman–Crippen MR) is 115 cm³/mol. The van der Waals surface area contributed by atoms with Crippen LogP contribution in [0.2, 0.25) is 0 Å². The number of hydrogen-bond acceptors (Lipinski definition) is 3. The summed E-state index contributed by atoms with van der Waals surface area (Å²) in [6.45, 7) is 1.97. The topological polar surface area (TPSA) is 39.4 Å². The molecule has 0 aliphatic carbocycles. The van der Waals surface area contributed by atoms with Gasteiger partial charge in [-0.1, -0.05) is 60.2 Å². The third-order valence-corrected chi connectivity index (χ3v) is 4.68. The number of methoxy groups -OCH3 is 1. The lowest BCUT2D eigenvalue weighted by Crippen LogP contribution is -2.07. The highest BCUT2D eigenvalue weighted by atomic mass is 16.5. The van der Waals surface area contributed by atoms with Crippen molar-refractivity contribution in [2.45, 2.75) is 6.92 Å². The van der Waals surface area contributed by atoms with Crippen molar-refractivity contribution in [2.24, 2.45) is 0 Å². The summed E-state index contributed by atoms with van der Waals surface area (Å²) in [5.74, 6) is 1.35. The fourth-order valence-electron chi connectivity index (χ4n) is 3.21. The predicted octanol–water partition coefficient (Wildman–Crippen LogP) is 5.95. The summed E-state index contributed by atoms with van der Waals surface area (Å²) in [6, 6.07) is 23.0. The molecule has 0 N–H and O–H groups in total. The van der Waals surface area contributed by atoms with Crippen LogP contribution in [0.1, 0.15) is 16.9 Å².